The van der Waals surface area contributed by atoms with Gasteiger partial charge in [0.1, 0.15) is 0 Å². The molecule has 1 N–H and O–H groups in total. The fourth-order valence-corrected chi connectivity index (χ4v) is 2.69. The molecule has 2 nitrogen and oxygen atoms in total. The largest absolute Gasteiger partial charge is 0.315 e. The van der Waals surface area contributed by atoms with E-state index in [9.17, 15) is 0 Å². The zero-order valence-corrected chi connectivity index (χ0v) is 12.1. The standard InChI is InChI=1S/C16H26N2/c1-13-11-15(3)16(12-14(13)2)5-9-18-8-4-6-17-7-10-18/h11-12,17H,4-10H2,1-3H3. The Bertz CT molecular complexity index is 390. The summed E-state index contributed by atoms with van der Waals surface area (Å²) in [7, 11) is 0. The second-order valence-corrected chi connectivity index (χ2v) is 5.56. The lowest BCUT2D eigenvalue weighted by Gasteiger charge is -2.20. The molecule has 0 unspecified atom stereocenters. The van der Waals surface area contributed by atoms with Gasteiger partial charge in [0, 0.05) is 19.6 Å². The Morgan fingerprint density at radius 1 is 1.00 bits per heavy atom. The molecule has 2 rings (SSSR count). The lowest BCUT2D eigenvalue weighted by Crippen LogP contribution is -2.30. The first-order chi connectivity index (χ1) is 8.66. The van der Waals surface area contributed by atoms with Crippen LogP contribution in [-0.4, -0.2) is 37.6 Å². The van der Waals surface area contributed by atoms with Crippen molar-refractivity contribution < 1.29 is 0 Å². The predicted molar refractivity (Wildman–Crippen MR) is 78.3 cm³/mol. The maximum Gasteiger partial charge on any atom is 0.0107 e. The first-order valence-electron chi connectivity index (χ1n) is 7.16. The Kier molecular flexibility index (Phi) is 4.79. The second-order valence-electron chi connectivity index (χ2n) is 5.56. The van der Waals surface area contributed by atoms with Crippen molar-refractivity contribution >= 4 is 0 Å². The highest BCUT2D eigenvalue weighted by Crippen LogP contribution is 2.16. The summed E-state index contributed by atoms with van der Waals surface area (Å²) >= 11 is 0. The van der Waals surface area contributed by atoms with Crippen molar-refractivity contribution in [2.45, 2.75) is 33.6 Å². The highest BCUT2D eigenvalue weighted by atomic mass is 15.1. The van der Waals surface area contributed by atoms with Gasteiger partial charge >= 0.3 is 0 Å². The van der Waals surface area contributed by atoms with Crippen LogP contribution in [0.1, 0.15) is 28.7 Å². The van der Waals surface area contributed by atoms with Gasteiger partial charge in [-0.1, -0.05) is 12.1 Å². The van der Waals surface area contributed by atoms with Crippen LogP contribution in [0, 0.1) is 20.8 Å². The summed E-state index contributed by atoms with van der Waals surface area (Å²) in [5.74, 6) is 0. The van der Waals surface area contributed by atoms with Gasteiger partial charge in [0.05, 0.1) is 0 Å². The highest BCUT2D eigenvalue weighted by molar-refractivity contribution is 5.36. The van der Waals surface area contributed by atoms with Gasteiger partial charge in [-0.05, 0) is 69.0 Å². The average Bonchev–Trinajstić information content (AvgIpc) is 2.60. The molecule has 1 aliphatic heterocycles. The van der Waals surface area contributed by atoms with E-state index in [0.717, 1.165) is 6.54 Å². The Balaban J connectivity index is 1.94. The third kappa shape index (κ3) is 3.56. The fraction of sp³-hybridized carbons (Fsp3) is 0.625. The van der Waals surface area contributed by atoms with Crippen LogP contribution < -0.4 is 5.32 Å². The van der Waals surface area contributed by atoms with Crippen molar-refractivity contribution in [3.8, 4) is 0 Å². The minimum atomic E-state index is 1.14. The summed E-state index contributed by atoms with van der Waals surface area (Å²) < 4.78 is 0. The third-order valence-electron chi connectivity index (χ3n) is 4.08. The smallest absolute Gasteiger partial charge is 0.0107 e. The first kappa shape index (κ1) is 13.6. The maximum atomic E-state index is 3.46. The summed E-state index contributed by atoms with van der Waals surface area (Å²) in [5, 5.41) is 3.46. The van der Waals surface area contributed by atoms with Crippen LogP contribution in [0.5, 0.6) is 0 Å². The third-order valence-corrected chi connectivity index (χ3v) is 4.08. The Labute approximate surface area is 111 Å². The van der Waals surface area contributed by atoms with Crippen LogP contribution in [0.25, 0.3) is 0 Å². The molecule has 1 fully saturated rings. The molecule has 1 aromatic carbocycles. The number of benzene rings is 1. The molecular formula is C16H26N2. The van der Waals surface area contributed by atoms with Crippen LogP contribution in [0.2, 0.25) is 0 Å². The number of hydrogen-bond donors (Lipinski definition) is 1. The quantitative estimate of drug-likeness (QED) is 0.881. The molecule has 0 saturated carbocycles. The summed E-state index contributed by atoms with van der Waals surface area (Å²) in [5.41, 5.74) is 5.81. The molecule has 2 heteroatoms. The number of nitrogens with zero attached hydrogens (tertiary/aromatic N) is 1. The molecule has 0 bridgehead atoms. The van der Waals surface area contributed by atoms with E-state index in [4.69, 9.17) is 0 Å². The normalized spacial score (nSPS) is 17.7. The average molecular weight is 246 g/mol. The molecule has 0 aliphatic carbocycles. The molecule has 100 valence electrons. The van der Waals surface area contributed by atoms with Gasteiger partial charge in [0.25, 0.3) is 0 Å². The molecule has 0 spiro atoms. The van der Waals surface area contributed by atoms with Crippen molar-refractivity contribution in [3.63, 3.8) is 0 Å². The number of hydrogen-bond acceptors (Lipinski definition) is 2. The van der Waals surface area contributed by atoms with Gasteiger partial charge in [0.2, 0.25) is 0 Å². The van der Waals surface area contributed by atoms with Crippen molar-refractivity contribution in [2.24, 2.45) is 0 Å². The first-order valence-corrected chi connectivity index (χ1v) is 7.16. The molecule has 0 amide bonds. The molecule has 18 heavy (non-hydrogen) atoms. The van der Waals surface area contributed by atoms with Gasteiger partial charge in [-0.2, -0.15) is 0 Å². The minimum Gasteiger partial charge on any atom is -0.315 e. The van der Waals surface area contributed by atoms with E-state index in [1.165, 1.54) is 61.3 Å². The second kappa shape index (κ2) is 6.35. The minimum absolute atomic E-state index is 1.14. The van der Waals surface area contributed by atoms with E-state index >= 15 is 0 Å². The molecule has 1 aromatic rings. The molecule has 1 saturated heterocycles. The molecule has 0 radical (unpaired) electrons. The van der Waals surface area contributed by atoms with E-state index in [-0.39, 0.29) is 0 Å². The van der Waals surface area contributed by atoms with E-state index < -0.39 is 0 Å². The molecular weight excluding hydrogens is 220 g/mol. The SMILES string of the molecule is Cc1cc(C)c(CCN2CCCNCC2)cc1C. The zero-order valence-electron chi connectivity index (χ0n) is 12.1. The van der Waals surface area contributed by atoms with Crippen LogP contribution in [-0.2, 0) is 6.42 Å². The fourth-order valence-electron chi connectivity index (χ4n) is 2.69. The van der Waals surface area contributed by atoms with Crippen LogP contribution in [0.3, 0.4) is 0 Å². The topological polar surface area (TPSA) is 15.3 Å². The Morgan fingerprint density at radius 3 is 2.61 bits per heavy atom. The summed E-state index contributed by atoms with van der Waals surface area (Å²) in [6.45, 7) is 12.6. The monoisotopic (exact) mass is 246 g/mol. The van der Waals surface area contributed by atoms with E-state index in [2.05, 4.69) is 43.1 Å². The Hall–Kier alpha value is -0.860. The molecule has 0 atom stereocenters. The van der Waals surface area contributed by atoms with Gasteiger partial charge in [-0.25, -0.2) is 0 Å². The van der Waals surface area contributed by atoms with Gasteiger partial charge < -0.3 is 10.2 Å². The summed E-state index contributed by atoms with van der Waals surface area (Å²) in [6, 6.07) is 4.70. The van der Waals surface area contributed by atoms with Crippen molar-refractivity contribution in [1.29, 1.82) is 0 Å². The van der Waals surface area contributed by atoms with E-state index in [1.54, 1.807) is 0 Å². The van der Waals surface area contributed by atoms with Gasteiger partial charge in [-0.3, -0.25) is 0 Å². The number of rotatable bonds is 3. The number of nitrogens with one attached hydrogen (secondary N) is 1. The molecule has 1 heterocycles. The summed E-state index contributed by atoms with van der Waals surface area (Å²) in [4.78, 5) is 2.59. The van der Waals surface area contributed by atoms with Crippen LogP contribution >= 0.6 is 0 Å². The molecule has 0 aromatic heterocycles. The Morgan fingerprint density at radius 2 is 1.78 bits per heavy atom. The predicted octanol–water partition coefficient (Wildman–Crippen LogP) is 2.45. The van der Waals surface area contributed by atoms with E-state index in [0.29, 0.717) is 0 Å². The molecule has 1 aliphatic rings. The number of aryl methyl sites for hydroxylation is 3. The van der Waals surface area contributed by atoms with Gasteiger partial charge in [0.15, 0.2) is 0 Å². The lowest BCUT2D eigenvalue weighted by molar-refractivity contribution is 0.296. The van der Waals surface area contributed by atoms with Crippen molar-refractivity contribution in [3.05, 3.63) is 34.4 Å². The van der Waals surface area contributed by atoms with Gasteiger partial charge in [-0.15, -0.1) is 0 Å². The van der Waals surface area contributed by atoms with E-state index in [1.807, 2.05) is 0 Å². The van der Waals surface area contributed by atoms with Crippen LogP contribution in [0.4, 0.5) is 0 Å². The maximum absolute atomic E-state index is 3.46. The summed E-state index contributed by atoms with van der Waals surface area (Å²) in [6.07, 6.45) is 2.47. The van der Waals surface area contributed by atoms with Crippen LogP contribution in [0.15, 0.2) is 12.1 Å². The lowest BCUT2D eigenvalue weighted by atomic mass is 9.98. The van der Waals surface area contributed by atoms with Crippen molar-refractivity contribution in [1.82, 2.24) is 10.2 Å². The van der Waals surface area contributed by atoms with Crippen molar-refractivity contribution in [2.75, 3.05) is 32.7 Å². The highest BCUT2D eigenvalue weighted by Gasteiger charge is 2.09. The zero-order chi connectivity index (χ0) is 13.0.